The van der Waals surface area contributed by atoms with Crippen LogP contribution in [0.4, 0.5) is 4.39 Å². The molecule has 0 fully saturated rings. The molecule has 0 heterocycles. The van der Waals surface area contributed by atoms with E-state index in [2.05, 4.69) is 0 Å². The van der Waals surface area contributed by atoms with Crippen molar-refractivity contribution in [2.45, 2.75) is 32.4 Å². The fourth-order valence-corrected chi connectivity index (χ4v) is 2.03. The summed E-state index contributed by atoms with van der Waals surface area (Å²) in [6.45, 7) is 3.73. The van der Waals surface area contributed by atoms with Crippen LogP contribution in [-0.4, -0.2) is 36.2 Å². The van der Waals surface area contributed by atoms with Gasteiger partial charge >= 0.3 is 5.97 Å². The summed E-state index contributed by atoms with van der Waals surface area (Å²) in [5.74, 6) is -0.581. The second kappa shape index (κ2) is 6.52. The third kappa shape index (κ3) is 3.92. The Labute approximate surface area is 112 Å². The maximum absolute atomic E-state index is 13.4. The first-order valence-electron chi connectivity index (χ1n) is 6.14. The summed E-state index contributed by atoms with van der Waals surface area (Å²) in [6, 6.07) is 4.06. The van der Waals surface area contributed by atoms with E-state index >= 15 is 0 Å². The molecule has 0 spiro atoms. The highest BCUT2D eigenvalue weighted by Gasteiger charge is 2.22. The topological polar surface area (TPSA) is 49.8 Å². The number of rotatable bonds is 6. The van der Waals surface area contributed by atoms with E-state index < -0.39 is 5.97 Å². The van der Waals surface area contributed by atoms with Crippen molar-refractivity contribution in [3.63, 3.8) is 0 Å². The molecule has 1 aromatic carbocycles. The Hall–Kier alpha value is -1.62. The molecule has 0 saturated carbocycles. The summed E-state index contributed by atoms with van der Waals surface area (Å²) in [5.41, 5.74) is 0.710. The lowest BCUT2D eigenvalue weighted by Crippen LogP contribution is -2.33. The molecule has 0 aliphatic carbocycles. The molecule has 106 valence electrons. The fourth-order valence-electron chi connectivity index (χ4n) is 2.03. The Morgan fingerprint density at radius 2 is 2.11 bits per heavy atom. The molecular weight excluding hydrogens is 249 g/mol. The maximum Gasteiger partial charge on any atom is 0.304 e. The van der Waals surface area contributed by atoms with Crippen LogP contribution in [0.5, 0.6) is 5.75 Å². The van der Waals surface area contributed by atoms with Gasteiger partial charge in [-0.05, 0) is 39.1 Å². The molecule has 5 heteroatoms. The van der Waals surface area contributed by atoms with Crippen LogP contribution in [0, 0.1) is 5.82 Å². The molecule has 2 atom stereocenters. The molecule has 0 aromatic heterocycles. The second-order valence-electron chi connectivity index (χ2n) is 4.67. The molecule has 4 nitrogen and oxygen atoms in total. The quantitative estimate of drug-likeness (QED) is 0.862. The Morgan fingerprint density at radius 1 is 1.47 bits per heavy atom. The van der Waals surface area contributed by atoms with Gasteiger partial charge in [-0.15, -0.1) is 0 Å². The molecule has 1 aromatic rings. The Bertz CT molecular complexity index is 450. The number of halogens is 1. The standard InChI is InChI=1S/C14H20FNO3/c1-9(7-14(17)18)16(3)10(2)12-8-11(15)5-6-13(12)19-4/h5-6,8-10H,7H2,1-4H3,(H,17,18). The summed E-state index contributed by atoms with van der Waals surface area (Å²) >= 11 is 0. The highest BCUT2D eigenvalue weighted by Crippen LogP contribution is 2.30. The number of hydrogen-bond donors (Lipinski definition) is 1. The van der Waals surface area contributed by atoms with Crippen LogP contribution < -0.4 is 4.74 Å². The van der Waals surface area contributed by atoms with E-state index in [4.69, 9.17) is 9.84 Å². The minimum absolute atomic E-state index is 0.0401. The van der Waals surface area contributed by atoms with E-state index in [1.165, 1.54) is 19.2 Å². The lowest BCUT2D eigenvalue weighted by Gasteiger charge is -2.31. The van der Waals surface area contributed by atoms with Gasteiger partial charge in [-0.2, -0.15) is 0 Å². The van der Waals surface area contributed by atoms with E-state index in [1.807, 2.05) is 25.8 Å². The van der Waals surface area contributed by atoms with Crippen LogP contribution in [0.25, 0.3) is 0 Å². The first-order valence-corrected chi connectivity index (χ1v) is 6.14. The van der Waals surface area contributed by atoms with Gasteiger partial charge in [-0.3, -0.25) is 9.69 Å². The van der Waals surface area contributed by atoms with Crippen molar-refractivity contribution in [1.82, 2.24) is 4.90 Å². The zero-order valence-electron chi connectivity index (χ0n) is 11.7. The van der Waals surface area contributed by atoms with Crippen LogP contribution in [-0.2, 0) is 4.79 Å². The summed E-state index contributed by atoms with van der Waals surface area (Å²) < 4.78 is 18.6. The molecule has 2 unspecified atom stereocenters. The number of carbonyl (C=O) groups is 1. The van der Waals surface area contributed by atoms with Crippen LogP contribution in [0.3, 0.4) is 0 Å². The molecule has 1 rings (SSSR count). The second-order valence-corrected chi connectivity index (χ2v) is 4.67. The van der Waals surface area contributed by atoms with Crippen LogP contribution >= 0.6 is 0 Å². The first-order chi connectivity index (χ1) is 8.86. The summed E-state index contributed by atoms with van der Waals surface area (Å²) in [5, 5.41) is 8.82. The summed E-state index contributed by atoms with van der Waals surface area (Å²) in [6.07, 6.45) is 0.0401. The number of aliphatic carboxylic acids is 1. The summed E-state index contributed by atoms with van der Waals surface area (Å²) in [4.78, 5) is 12.6. The molecule has 19 heavy (non-hydrogen) atoms. The van der Waals surface area contributed by atoms with E-state index in [9.17, 15) is 9.18 Å². The minimum Gasteiger partial charge on any atom is -0.496 e. The number of nitrogens with zero attached hydrogens (tertiary/aromatic N) is 1. The number of methoxy groups -OCH3 is 1. The largest absolute Gasteiger partial charge is 0.496 e. The lowest BCUT2D eigenvalue weighted by molar-refractivity contribution is -0.138. The zero-order chi connectivity index (χ0) is 14.6. The smallest absolute Gasteiger partial charge is 0.304 e. The predicted octanol–water partition coefficient (Wildman–Crippen LogP) is 2.69. The van der Waals surface area contributed by atoms with Gasteiger partial charge in [0.25, 0.3) is 0 Å². The fraction of sp³-hybridized carbons (Fsp3) is 0.500. The van der Waals surface area contributed by atoms with Crippen LogP contribution in [0.2, 0.25) is 0 Å². The van der Waals surface area contributed by atoms with Gasteiger partial charge in [0, 0.05) is 17.6 Å². The average molecular weight is 269 g/mol. The van der Waals surface area contributed by atoms with Crippen LogP contribution in [0.15, 0.2) is 18.2 Å². The molecule has 0 amide bonds. The van der Waals surface area contributed by atoms with E-state index in [0.29, 0.717) is 11.3 Å². The summed E-state index contributed by atoms with van der Waals surface area (Å²) in [7, 11) is 3.35. The Kier molecular flexibility index (Phi) is 5.30. The van der Waals surface area contributed by atoms with Crippen molar-refractivity contribution in [2.75, 3.05) is 14.2 Å². The van der Waals surface area contributed by atoms with Gasteiger partial charge in [0.2, 0.25) is 0 Å². The number of hydrogen-bond acceptors (Lipinski definition) is 3. The molecule has 0 bridgehead atoms. The van der Waals surface area contributed by atoms with Crippen molar-refractivity contribution >= 4 is 5.97 Å². The Balaban J connectivity index is 2.95. The first kappa shape index (κ1) is 15.4. The number of carboxylic acids is 1. The van der Waals surface area contributed by atoms with Gasteiger partial charge < -0.3 is 9.84 Å². The minimum atomic E-state index is -0.849. The van der Waals surface area contributed by atoms with E-state index in [1.54, 1.807) is 6.07 Å². The molecule has 1 N–H and O–H groups in total. The van der Waals surface area contributed by atoms with Crippen molar-refractivity contribution in [1.29, 1.82) is 0 Å². The SMILES string of the molecule is COc1ccc(F)cc1C(C)N(C)C(C)CC(=O)O. The van der Waals surface area contributed by atoms with Crippen molar-refractivity contribution in [2.24, 2.45) is 0 Å². The maximum atomic E-state index is 13.4. The molecule has 0 saturated heterocycles. The zero-order valence-corrected chi connectivity index (χ0v) is 11.7. The normalized spacial score (nSPS) is 14.2. The van der Waals surface area contributed by atoms with Gasteiger partial charge in [-0.1, -0.05) is 0 Å². The van der Waals surface area contributed by atoms with E-state index in [0.717, 1.165) is 0 Å². The van der Waals surface area contributed by atoms with Gasteiger partial charge in [-0.25, -0.2) is 4.39 Å². The Morgan fingerprint density at radius 3 is 2.63 bits per heavy atom. The van der Waals surface area contributed by atoms with E-state index in [-0.39, 0.29) is 24.3 Å². The molecule has 0 aliphatic heterocycles. The average Bonchev–Trinajstić information content (AvgIpc) is 2.36. The van der Waals surface area contributed by atoms with Crippen molar-refractivity contribution in [3.8, 4) is 5.75 Å². The third-order valence-corrected chi connectivity index (χ3v) is 3.42. The highest BCUT2D eigenvalue weighted by molar-refractivity contribution is 5.67. The van der Waals surface area contributed by atoms with Gasteiger partial charge in [0.15, 0.2) is 0 Å². The van der Waals surface area contributed by atoms with Gasteiger partial charge in [0.05, 0.1) is 13.5 Å². The number of benzene rings is 1. The van der Waals surface area contributed by atoms with Crippen LogP contribution in [0.1, 0.15) is 31.9 Å². The number of carboxylic acid groups (broad SMARTS) is 1. The van der Waals surface area contributed by atoms with Crippen molar-refractivity contribution in [3.05, 3.63) is 29.6 Å². The van der Waals surface area contributed by atoms with Crippen molar-refractivity contribution < 1.29 is 19.0 Å². The molecular formula is C14H20FNO3. The predicted molar refractivity (Wildman–Crippen MR) is 70.8 cm³/mol. The highest BCUT2D eigenvalue weighted by atomic mass is 19.1. The molecule has 0 radical (unpaired) electrons. The third-order valence-electron chi connectivity index (χ3n) is 3.42. The number of ether oxygens (including phenoxy) is 1. The molecule has 0 aliphatic rings. The monoisotopic (exact) mass is 269 g/mol. The lowest BCUT2D eigenvalue weighted by atomic mass is 10.0. The van der Waals surface area contributed by atoms with Gasteiger partial charge in [0.1, 0.15) is 11.6 Å².